The van der Waals surface area contributed by atoms with Crippen LogP contribution in [0.2, 0.25) is 0 Å². The average Bonchev–Trinajstić information content (AvgIpc) is 3.36. The summed E-state index contributed by atoms with van der Waals surface area (Å²) in [5.74, 6) is 6.07. The first-order valence-corrected chi connectivity index (χ1v) is 17.2. The second-order valence-electron chi connectivity index (χ2n) is 11.8. The Morgan fingerprint density at radius 3 is 2.48 bits per heavy atom. The van der Waals surface area contributed by atoms with Gasteiger partial charge in [0.05, 0.1) is 41.1 Å². The Morgan fingerprint density at radius 2 is 1.80 bits per heavy atom. The number of methoxy groups -OCH3 is 1. The van der Waals surface area contributed by atoms with Crippen LogP contribution in [0.5, 0.6) is 5.75 Å². The third kappa shape index (κ3) is 8.54. The van der Waals surface area contributed by atoms with Crippen LogP contribution < -0.4 is 15.4 Å². The van der Waals surface area contributed by atoms with Crippen LogP contribution in [-0.4, -0.2) is 82.2 Å². The number of ether oxygens (including phenoxy) is 2. The van der Waals surface area contributed by atoms with Gasteiger partial charge in [0.25, 0.3) is 0 Å². The maximum Gasteiger partial charge on any atom is 0.406 e. The zero-order chi connectivity index (χ0) is 32.9. The number of carbonyl (C=O) groups is 1. The molecular formula is C33H39F3N4O5S. The van der Waals surface area contributed by atoms with Crippen molar-refractivity contribution in [2.24, 2.45) is 5.92 Å². The Morgan fingerprint density at radius 1 is 1.07 bits per heavy atom. The van der Waals surface area contributed by atoms with Crippen molar-refractivity contribution in [2.45, 2.75) is 55.8 Å². The van der Waals surface area contributed by atoms with Crippen molar-refractivity contribution in [3.63, 3.8) is 0 Å². The number of sulfone groups is 1. The van der Waals surface area contributed by atoms with Crippen LogP contribution >= 0.6 is 0 Å². The van der Waals surface area contributed by atoms with E-state index in [-0.39, 0.29) is 29.0 Å². The second-order valence-corrected chi connectivity index (χ2v) is 13.8. The fraction of sp³-hybridized carbons (Fsp3) is 0.485. The normalized spacial score (nSPS) is 17.0. The number of nitrogens with zero attached hydrogens (tertiary/aromatic N) is 2. The number of alkyl halides is 3. The van der Waals surface area contributed by atoms with E-state index < -0.39 is 22.6 Å². The Labute approximate surface area is 267 Å². The minimum Gasteiger partial charge on any atom is -0.495 e. The summed E-state index contributed by atoms with van der Waals surface area (Å²) in [6.07, 6.45) is 0.901. The number of amides is 1. The van der Waals surface area contributed by atoms with Gasteiger partial charge >= 0.3 is 6.18 Å². The van der Waals surface area contributed by atoms with Gasteiger partial charge in [0.15, 0.2) is 9.84 Å². The molecule has 1 amide bonds. The maximum absolute atomic E-state index is 13.6. The van der Waals surface area contributed by atoms with Crippen LogP contribution in [0.4, 0.5) is 24.5 Å². The number of piperidine rings is 1. The molecule has 0 atom stereocenters. The van der Waals surface area contributed by atoms with E-state index >= 15 is 0 Å². The first-order valence-electron chi connectivity index (χ1n) is 15.3. The number of nitrogens with one attached hydrogen (secondary N) is 2. The van der Waals surface area contributed by atoms with Gasteiger partial charge in [-0.3, -0.25) is 4.79 Å². The van der Waals surface area contributed by atoms with Crippen LogP contribution in [0.25, 0.3) is 10.9 Å². The molecule has 2 aliphatic rings. The van der Waals surface area contributed by atoms with E-state index in [2.05, 4.69) is 27.4 Å². The predicted molar refractivity (Wildman–Crippen MR) is 171 cm³/mol. The average molecular weight is 661 g/mol. The number of hydrogen-bond acceptors (Lipinski definition) is 7. The van der Waals surface area contributed by atoms with Crippen LogP contribution in [0.3, 0.4) is 0 Å². The largest absolute Gasteiger partial charge is 0.495 e. The molecule has 0 spiro atoms. The number of benzene rings is 2. The molecule has 0 unspecified atom stereocenters. The van der Waals surface area contributed by atoms with Crippen molar-refractivity contribution in [3.8, 4) is 17.6 Å². The molecule has 9 nitrogen and oxygen atoms in total. The molecule has 0 bridgehead atoms. The molecule has 0 radical (unpaired) electrons. The van der Waals surface area contributed by atoms with Crippen LogP contribution in [0.15, 0.2) is 47.4 Å². The smallest absolute Gasteiger partial charge is 0.406 e. The van der Waals surface area contributed by atoms with Gasteiger partial charge in [0.2, 0.25) is 5.91 Å². The number of carbonyl (C=O) groups excluding carboxylic acids is 1. The molecule has 2 fully saturated rings. The molecule has 2 N–H and O–H groups in total. The number of aromatic nitrogens is 1. The molecule has 3 heterocycles. The van der Waals surface area contributed by atoms with Gasteiger partial charge in [-0.25, -0.2) is 8.42 Å². The predicted octanol–water partition coefficient (Wildman–Crippen LogP) is 5.30. The minimum atomic E-state index is -4.49. The fourth-order valence-electron chi connectivity index (χ4n) is 6.21. The van der Waals surface area contributed by atoms with Crippen LogP contribution in [0, 0.1) is 17.8 Å². The summed E-state index contributed by atoms with van der Waals surface area (Å²) < 4.78 is 76.5. The first-order chi connectivity index (χ1) is 21.9. The van der Waals surface area contributed by atoms with Gasteiger partial charge in [-0.1, -0.05) is 12.0 Å². The van der Waals surface area contributed by atoms with Gasteiger partial charge in [0, 0.05) is 43.4 Å². The van der Waals surface area contributed by atoms with Crippen LogP contribution in [0.1, 0.15) is 37.8 Å². The van der Waals surface area contributed by atoms with E-state index in [1.807, 2.05) is 0 Å². The summed E-state index contributed by atoms with van der Waals surface area (Å²) in [6, 6.07) is 11.4. The SMILES string of the molecule is COc1cc(S(C)(=O)=O)ccc1NCC#Cc1cc2c(NC(=O)CC3CCN(C4CCOCC4)CC3)cccc2n1CC(F)(F)F. The third-order valence-corrected chi connectivity index (χ3v) is 9.68. The number of fused-ring (bicyclic) bond motifs is 1. The lowest BCUT2D eigenvalue weighted by Crippen LogP contribution is -2.44. The number of rotatable bonds is 9. The van der Waals surface area contributed by atoms with Crippen molar-refractivity contribution in [1.29, 1.82) is 0 Å². The first kappa shape index (κ1) is 33.6. The van der Waals surface area contributed by atoms with E-state index in [9.17, 15) is 26.4 Å². The summed E-state index contributed by atoms with van der Waals surface area (Å²) in [6.45, 7) is 2.32. The van der Waals surface area contributed by atoms with E-state index in [4.69, 9.17) is 9.47 Å². The van der Waals surface area contributed by atoms with Gasteiger partial charge in [0.1, 0.15) is 12.3 Å². The van der Waals surface area contributed by atoms with Crippen molar-refractivity contribution >= 4 is 38.0 Å². The zero-order valence-electron chi connectivity index (χ0n) is 26.0. The Balaban J connectivity index is 1.28. The molecule has 5 rings (SSSR count). The molecule has 2 aliphatic heterocycles. The third-order valence-electron chi connectivity index (χ3n) is 8.57. The van der Waals surface area contributed by atoms with Crippen molar-refractivity contribution < 1.29 is 35.9 Å². The zero-order valence-corrected chi connectivity index (χ0v) is 26.8. The summed E-state index contributed by atoms with van der Waals surface area (Å²) in [5.41, 5.74) is 1.39. The summed E-state index contributed by atoms with van der Waals surface area (Å²) in [4.78, 5) is 15.7. The molecule has 46 heavy (non-hydrogen) atoms. The van der Waals surface area contributed by atoms with E-state index in [0.717, 1.165) is 62.8 Å². The molecule has 1 aromatic heterocycles. The molecule has 2 aromatic carbocycles. The number of hydrogen-bond donors (Lipinski definition) is 2. The van der Waals surface area contributed by atoms with E-state index in [0.29, 0.717) is 40.5 Å². The topological polar surface area (TPSA) is 102 Å². The Bertz CT molecular complexity index is 1710. The van der Waals surface area contributed by atoms with Gasteiger partial charge < -0.3 is 29.6 Å². The number of halogens is 3. The minimum absolute atomic E-state index is 0.0546. The lowest BCUT2D eigenvalue weighted by Gasteiger charge is -2.39. The van der Waals surface area contributed by atoms with Crippen LogP contribution in [-0.2, 0) is 25.9 Å². The number of likely N-dealkylation sites (tertiary alicyclic amines) is 1. The molecule has 3 aromatic rings. The van der Waals surface area contributed by atoms with Crippen molar-refractivity contribution in [3.05, 3.63) is 48.2 Å². The molecule has 2 saturated heterocycles. The van der Waals surface area contributed by atoms with Crippen molar-refractivity contribution in [1.82, 2.24) is 9.47 Å². The lowest BCUT2D eigenvalue weighted by atomic mass is 9.91. The van der Waals surface area contributed by atoms with Gasteiger partial charge in [-0.2, -0.15) is 13.2 Å². The monoisotopic (exact) mass is 660 g/mol. The Kier molecular flexibility index (Phi) is 10.5. The highest BCUT2D eigenvalue weighted by atomic mass is 32.2. The molecule has 248 valence electrons. The second kappa shape index (κ2) is 14.4. The molecule has 0 saturated carbocycles. The molecular weight excluding hydrogens is 621 g/mol. The highest BCUT2D eigenvalue weighted by molar-refractivity contribution is 7.90. The highest BCUT2D eigenvalue weighted by Gasteiger charge is 2.30. The van der Waals surface area contributed by atoms with E-state index in [1.54, 1.807) is 30.3 Å². The van der Waals surface area contributed by atoms with Crippen molar-refractivity contribution in [2.75, 3.05) is 56.8 Å². The summed E-state index contributed by atoms with van der Waals surface area (Å²) in [5, 5.41) is 6.44. The number of anilines is 2. The van der Waals surface area contributed by atoms with Gasteiger partial charge in [-0.05, 0) is 80.9 Å². The fourth-order valence-corrected chi connectivity index (χ4v) is 6.84. The van der Waals surface area contributed by atoms with E-state index in [1.165, 1.54) is 19.2 Å². The van der Waals surface area contributed by atoms with Gasteiger partial charge in [-0.15, -0.1) is 0 Å². The highest BCUT2D eigenvalue weighted by Crippen LogP contribution is 2.32. The summed E-state index contributed by atoms with van der Waals surface area (Å²) >= 11 is 0. The standard InChI is InChI=1S/C33H39F3N4O5S/c1-44-31-21-26(46(2,42)43)8-9-29(31)37-14-4-5-25-20-27-28(6-3-7-30(27)40(25)22-33(34,35)36)38-32(41)19-23-10-15-39(16-11-23)24-12-17-45-18-13-24/h3,6-9,20-21,23-24,37H,10-19,22H2,1-2H3,(H,38,41). The quantitative estimate of drug-likeness (QED) is 0.301. The molecule has 13 heteroatoms. The summed E-state index contributed by atoms with van der Waals surface area (Å²) in [7, 11) is -2.03. The lowest BCUT2D eigenvalue weighted by molar-refractivity contribution is -0.140. The Hall–Kier alpha value is -3.73. The maximum atomic E-state index is 13.6. The molecule has 0 aliphatic carbocycles.